The lowest BCUT2D eigenvalue weighted by Crippen LogP contribution is -2.29. The summed E-state index contributed by atoms with van der Waals surface area (Å²) in [4.78, 5) is 16.1. The summed E-state index contributed by atoms with van der Waals surface area (Å²) in [6.07, 6.45) is 7.23. The number of hydrogen-bond donors (Lipinski definition) is 1. The molecule has 0 amide bonds. The molecule has 3 atom stereocenters. The number of ether oxygens (including phenoxy) is 1. The first-order valence-electron chi connectivity index (χ1n) is 8.25. The van der Waals surface area contributed by atoms with Crippen LogP contribution in [0.25, 0.3) is 0 Å². The number of fused-ring (bicyclic) bond motifs is 3. The lowest BCUT2D eigenvalue weighted by Gasteiger charge is -2.37. The van der Waals surface area contributed by atoms with Crippen LogP contribution >= 0.6 is 0 Å². The molecule has 4 nitrogen and oxygen atoms in total. The van der Waals surface area contributed by atoms with Gasteiger partial charge >= 0.3 is 5.97 Å². The zero-order chi connectivity index (χ0) is 16.7. The van der Waals surface area contributed by atoms with Crippen LogP contribution in [0, 0.1) is 12.8 Å². The average Bonchev–Trinajstić information content (AvgIpc) is 3.11. The summed E-state index contributed by atoms with van der Waals surface area (Å²) in [6, 6.07) is 10.4. The van der Waals surface area contributed by atoms with Crippen molar-refractivity contribution in [1.29, 1.82) is 0 Å². The third-order valence-electron chi connectivity index (χ3n) is 5.04. The number of aromatic nitrogens is 1. The lowest BCUT2D eigenvalue weighted by molar-refractivity contribution is 0.0600. The van der Waals surface area contributed by atoms with Crippen LogP contribution in [0.2, 0.25) is 0 Å². The molecular weight excluding hydrogens is 300 g/mol. The highest BCUT2D eigenvalue weighted by molar-refractivity contribution is 5.88. The van der Waals surface area contributed by atoms with Gasteiger partial charge in [-0.3, -0.25) is 4.98 Å². The molecule has 24 heavy (non-hydrogen) atoms. The zero-order valence-electron chi connectivity index (χ0n) is 13.8. The minimum atomic E-state index is -0.355. The summed E-state index contributed by atoms with van der Waals surface area (Å²) >= 11 is 0. The van der Waals surface area contributed by atoms with Gasteiger partial charge in [0.05, 0.1) is 24.4 Å². The van der Waals surface area contributed by atoms with Gasteiger partial charge in [0.25, 0.3) is 0 Å². The second kappa shape index (κ2) is 5.78. The molecule has 0 radical (unpaired) electrons. The molecule has 1 N–H and O–H groups in total. The molecule has 1 aromatic carbocycles. The molecule has 0 unspecified atom stereocenters. The number of carbonyl (C=O) groups is 1. The van der Waals surface area contributed by atoms with E-state index in [4.69, 9.17) is 4.74 Å². The number of allylic oxidation sites excluding steroid dienone is 2. The lowest BCUT2D eigenvalue weighted by atomic mass is 9.78. The van der Waals surface area contributed by atoms with Crippen LogP contribution in [0.1, 0.15) is 45.6 Å². The van der Waals surface area contributed by atoms with E-state index in [1.54, 1.807) is 12.3 Å². The highest BCUT2D eigenvalue weighted by Gasteiger charge is 2.38. The van der Waals surface area contributed by atoms with Crippen molar-refractivity contribution < 1.29 is 9.53 Å². The van der Waals surface area contributed by atoms with E-state index in [0.717, 1.165) is 12.1 Å². The minimum Gasteiger partial charge on any atom is -0.465 e. The number of esters is 1. The van der Waals surface area contributed by atoms with Gasteiger partial charge in [-0.05, 0) is 43.0 Å². The predicted octanol–water partition coefficient (Wildman–Crippen LogP) is 4.00. The fourth-order valence-electron chi connectivity index (χ4n) is 3.83. The van der Waals surface area contributed by atoms with E-state index in [2.05, 4.69) is 47.6 Å². The Morgan fingerprint density at radius 3 is 2.92 bits per heavy atom. The molecule has 1 aliphatic carbocycles. The Bertz CT molecular complexity index is 811. The normalized spacial score (nSPS) is 24.0. The quantitative estimate of drug-likeness (QED) is 0.671. The topological polar surface area (TPSA) is 51.2 Å². The van der Waals surface area contributed by atoms with Gasteiger partial charge in [0, 0.05) is 17.8 Å². The molecule has 4 heteroatoms. The van der Waals surface area contributed by atoms with Gasteiger partial charge in [-0.1, -0.05) is 29.8 Å². The summed E-state index contributed by atoms with van der Waals surface area (Å²) in [5.74, 6) is 0.524. The van der Waals surface area contributed by atoms with Gasteiger partial charge in [-0.2, -0.15) is 0 Å². The fraction of sp³-hybridized carbons (Fsp3) is 0.300. The van der Waals surface area contributed by atoms with E-state index >= 15 is 0 Å². The van der Waals surface area contributed by atoms with Crippen molar-refractivity contribution in [2.45, 2.75) is 25.3 Å². The maximum absolute atomic E-state index is 11.6. The van der Waals surface area contributed by atoms with E-state index in [0.29, 0.717) is 17.4 Å². The van der Waals surface area contributed by atoms with Crippen LogP contribution in [0.3, 0.4) is 0 Å². The number of nitrogens with zero attached hydrogens (tertiary/aromatic N) is 1. The molecule has 0 spiro atoms. The molecule has 4 rings (SSSR count). The maximum Gasteiger partial charge on any atom is 0.339 e. The number of methoxy groups -OCH3 is 1. The van der Waals surface area contributed by atoms with E-state index in [9.17, 15) is 4.79 Å². The summed E-state index contributed by atoms with van der Waals surface area (Å²) in [5.41, 5.74) is 5.28. The number of carbonyl (C=O) groups excluding carboxylic acids is 1. The highest BCUT2D eigenvalue weighted by atomic mass is 16.5. The van der Waals surface area contributed by atoms with Crippen LogP contribution in [0.4, 0.5) is 5.69 Å². The third kappa shape index (κ3) is 2.39. The van der Waals surface area contributed by atoms with Crippen molar-refractivity contribution in [3.05, 3.63) is 71.1 Å². The molecule has 2 aromatic rings. The second-order valence-electron chi connectivity index (χ2n) is 6.53. The standard InChI is InChI=1S/C20H20N2O2/c1-12-6-8-17-16(10-12)14-4-3-5-15(14)19(22-17)18-9-7-13(11-21-18)20(23)24-2/h3-4,6-11,14-15,19,22H,5H2,1-2H3/t14-,15+,19-/m1/s1. The maximum atomic E-state index is 11.6. The van der Waals surface area contributed by atoms with E-state index in [-0.39, 0.29) is 12.0 Å². The first-order valence-corrected chi connectivity index (χ1v) is 8.25. The second-order valence-corrected chi connectivity index (χ2v) is 6.53. The number of rotatable bonds is 2. The molecule has 0 bridgehead atoms. The summed E-state index contributed by atoms with van der Waals surface area (Å²) in [7, 11) is 1.38. The number of aryl methyl sites for hydroxylation is 1. The minimum absolute atomic E-state index is 0.145. The van der Waals surface area contributed by atoms with Gasteiger partial charge in [0.15, 0.2) is 0 Å². The number of hydrogen-bond acceptors (Lipinski definition) is 4. The Hall–Kier alpha value is -2.62. The fourth-order valence-corrected chi connectivity index (χ4v) is 3.83. The molecule has 1 aliphatic heterocycles. The Balaban J connectivity index is 1.69. The monoisotopic (exact) mass is 320 g/mol. The molecule has 2 aliphatic rings. The van der Waals surface area contributed by atoms with Gasteiger partial charge in [-0.25, -0.2) is 4.79 Å². The Kier molecular flexibility index (Phi) is 3.60. The molecule has 122 valence electrons. The molecule has 2 heterocycles. The smallest absolute Gasteiger partial charge is 0.339 e. The van der Waals surface area contributed by atoms with Gasteiger partial charge < -0.3 is 10.1 Å². The van der Waals surface area contributed by atoms with E-state index < -0.39 is 0 Å². The Labute approximate surface area is 141 Å². The van der Waals surface area contributed by atoms with Crippen molar-refractivity contribution >= 4 is 11.7 Å². The number of nitrogens with one attached hydrogen (secondary N) is 1. The van der Waals surface area contributed by atoms with E-state index in [1.807, 2.05) is 6.07 Å². The van der Waals surface area contributed by atoms with Crippen molar-refractivity contribution in [2.24, 2.45) is 5.92 Å². The highest BCUT2D eigenvalue weighted by Crippen LogP contribution is 2.49. The summed E-state index contributed by atoms with van der Waals surface area (Å²) < 4.78 is 4.74. The van der Waals surface area contributed by atoms with Crippen LogP contribution in [-0.2, 0) is 4.74 Å². The number of pyridine rings is 1. The number of anilines is 1. The predicted molar refractivity (Wildman–Crippen MR) is 93.1 cm³/mol. The zero-order valence-corrected chi connectivity index (χ0v) is 13.8. The SMILES string of the molecule is COC(=O)c1ccc([C@@H]2Nc3ccc(C)cc3[C@@H]3C=CC[C@@H]32)nc1. The first-order chi connectivity index (χ1) is 11.7. The largest absolute Gasteiger partial charge is 0.465 e. The van der Waals surface area contributed by atoms with E-state index in [1.165, 1.54) is 23.9 Å². The molecule has 0 fully saturated rings. The average molecular weight is 320 g/mol. The van der Waals surface area contributed by atoms with Crippen LogP contribution in [0.5, 0.6) is 0 Å². The van der Waals surface area contributed by atoms with Crippen molar-refractivity contribution in [2.75, 3.05) is 12.4 Å². The van der Waals surface area contributed by atoms with Crippen LogP contribution < -0.4 is 5.32 Å². The van der Waals surface area contributed by atoms with Gasteiger partial charge in [0.1, 0.15) is 0 Å². The Morgan fingerprint density at radius 2 is 2.17 bits per heavy atom. The van der Waals surface area contributed by atoms with Crippen molar-refractivity contribution in [1.82, 2.24) is 4.98 Å². The Morgan fingerprint density at radius 1 is 1.29 bits per heavy atom. The van der Waals surface area contributed by atoms with Gasteiger partial charge in [-0.15, -0.1) is 0 Å². The first kappa shape index (κ1) is 14.9. The van der Waals surface area contributed by atoms with Gasteiger partial charge in [0.2, 0.25) is 0 Å². The molecule has 0 saturated heterocycles. The van der Waals surface area contributed by atoms with Crippen LogP contribution in [0.15, 0.2) is 48.7 Å². The third-order valence-corrected chi connectivity index (χ3v) is 5.04. The van der Waals surface area contributed by atoms with Crippen LogP contribution in [-0.4, -0.2) is 18.1 Å². The summed E-state index contributed by atoms with van der Waals surface area (Å²) in [5, 5.41) is 3.66. The molecule has 1 aromatic heterocycles. The molecule has 0 saturated carbocycles. The van der Waals surface area contributed by atoms with Crippen molar-refractivity contribution in [3.8, 4) is 0 Å². The number of benzene rings is 1. The summed E-state index contributed by atoms with van der Waals surface area (Å²) in [6.45, 7) is 2.13. The molecular formula is C20H20N2O2. The van der Waals surface area contributed by atoms with Crippen molar-refractivity contribution in [3.63, 3.8) is 0 Å².